The fourth-order valence-electron chi connectivity index (χ4n) is 3.93. The molecule has 1 saturated heterocycles. The fourth-order valence-corrected chi connectivity index (χ4v) is 3.93. The van der Waals surface area contributed by atoms with E-state index in [4.69, 9.17) is 0 Å². The molecule has 4 heteroatoms. The second-order valence-corrected chi connectivity index (χ2v) is 6.85. The first kappa shape index (κ1) is 15.9. The molecule has 1 aromatic carbocycles. The van der Waals surface area contributed by atoms with Crippen LogP contribution in [0.1, 0.15) is 37.7 Å². The van der Waals surface area contributed by atoms with Crippen molar-refractivity contribution >= 4 is 0 Å². The van der Waals surface area contributed by atoms with Crippen LogP contribution in [0, 0.1) is 5.92 Å². The van der Waals surface area contributed by atoms with E-state index < -0.39 is 6.43 Å². The van der Waals surface area contributed by atoms with Gasteiger partial charge in [-0.15, -0.1) is 0 Å². The van der Waals surface area contributed by atoms with Crippen LogP contribution in [0.3, 0.4) is 0 Å². The molecular formula is C18H26F2N2. The maximum atomic E-state index is 12.4. The van der Waals surface area contributed by atoms with E-state index in [0.717, 1.165) is 25.9 Å². The topological polar surface area (TPSA) is 15.3 Å². The van der Waals surface area contributed by atoms with E-state index in [-0.39, 0.29) is 6.54 Å². The lowest BCUT2D eigenvalue weighted by Gasteiger charge is -2.46. The third-order valence-electron chi connectivity index (χ3n) is 5.44. The highest BCUT2D eigenvalue weighted by Gasteiger charge is 2.39. The number of nitrogens with one attached hydrogen (secondary N) is 1. The Morgan fingerprint density at radius 2 is 1.86 bits per heavy atom. The monoisotopic (exact) mass is 308 g/mol. The molecule has 122 valence electrons. The zero-order chi connectivity index (χ0) is 15.5. The zero-order valence-electron chi connectivity index (χ0n) is 13.2. The fraction of sp³-hybridized carbons (Fsp3) is 0.667. The van der Waals surface area contributed by atoms with E-state index >= 15 is 0 Å². The average Bonchev–Trinajstić information content (AvgIpc) is 2.52. The van der Waals surface area contributed by atoms with Crippen LogP contribution in [-0.2, 0) is 0 Å². The summed E-state index contributed by atoms with van der Waals surface area (Å²) in [6, 6.07) is 11.8. The first-order valence-corrected chi connectivity index (χ1v) is 8.45. The number of halogens is 2. The van der Waals surface area contributed by atoms with Gasteiger partial charge in [-0.2, -0.15) is 0 Å². The van der Waals surface area contributed by atoms with Crippen molar-refractivity contribution in [2.24, 2.45) is 5.92 Å². The quantitative estimate of drug-likeness (QED) is 0.895. The second-order valence-electron chi connectivity index (χ2n) is 6.85. The van der Waals surface area contributed by atoms with Gasteiger partial charge in [-0.3, -0.25) is 4.90 Å². The van der Waals surface area contributed by atoms with E-state index in [0.29, 0.717) is 23.9 Å². The van der Waals surface area contributed by atoms with E-state index in [1.807, 2.05) is 4.90 Å². The first-order valence-electron chi connectivity index (χ1n) is 8.45. The van der Waals surface area contributed by atoms with Crippen LogP contribution in [0.2, 0.25) is 0 Å². The molecule has 0 amide bonds. The summed E-state index contributed by atoms with van der Waals surface area (Å²) in [7, 11) is 0. The van der Waals surface area contributed by atoms with Crippen molar-refractivity contribution in [3.8, 4) is 0 Å². The molecule has 0 unspecified atom stereocenters. The van der Waals surface area contributed by atoms with Gasteiger partial charge in [0.2, 0.25) is 0 Å². The molecule has 22 heavy (non-hydrogen) atoms. The van der Waals surface area contributed by atoms with Crippen molar-refractivity contribution in [2.75, 3.05) is 19.6 Å². The smallest absolute Gasteiger partial charge is 0.251 e. The maximum absolute atomic E-state index is 12.4. The molecule has 1 aliphatic heterocycles. The highest BCUT2D eigenvalue weighted by Crippen LogP contribution is 2.42. The number of alkyl halides is 2. The SMILES string of the molecule is C[C@H]1[C@@H](c2ccccc2)C[C@H]1NC1CCN(CC(F)F)CC1. The van der Waals surface area contributed by atoms with Crippen molar-refractivity contribution in [3.05, 3.63) is 35.9 Å². The molecular weight excluding hydrogens is 282 g/mol. The molecule has 0 radical (unpaired) electrons. The summed E-state index contributed by atoms with van der Waals surface area (Å²) >= 11 is 0. The van der Waals surface area contributed by atoms with Crippen LogP contribution in [0.5, 0.6) is 0 Å². The summed E-state index contributed by atoms with van der Waals surface area (Å²) in [6.07, 6.45) is 0.975. The molecule has 1 aliphatic carbocycles. The van der Waals surface area contributed by atoms with E-state index in [1.165, 1.54) is 12.0 Å². The summed E-state index contributed by atoms with van der Waals surface area (Å²) in [5.74, 6) is 1.32. The number of rotatable bonds is 5. The Labute approximate surface area is 131 Å². The van der Waals surface area contributed by atoms with Gasteiger partial charge in [-0.1, -0.05) is 37.3 Å². The lowest BCUT2D eigenvalue weighted by Crippen LogP contribution is -2.54. The molecule has 2 fully saturated rings. The van der Waals surface area contributed by atoms with Crippen LogP contribution >= 0.6 is 0 Å². The normalized spacial score (nSPS) is 30.5. The first-order chi connectivity index (χ1) is 10.6. The average molecular weight is 308 g/mol. The minimum Gasteiger partial charge on any atom is -0.311 e. The van der Waals surface area contributed by atoms with Gasteiger partial charge in [0.1, 0.15) is 0 Å². The molecule has 0 aromatic heterocycles. The summed E-state index contributed by atoms with van der Waals surface area (Å²) in [4.78, 5) is 1.89. The lowest BCUT2D eigenvalue weighted by molar-refractivity contribution is 0.0668. The van der Waals surface area contributed by atoms with E-state index in [1.54, 1.807) is 0 Å². The second kappa shape index (κ2) is 7.05. The Morgan fingerprint density at radius 1 is 1.18 bits per heavy atom. The molecule has 1 heterocycles. The van der Waals surface area contributed by atoms with Crippen LogP contribution in [0.15, 0.2) is 30.3 Å². The van der Waals surface area contributed by atoms with E-state index in [2.05, 4.69) is 42.6 Å². The van der Waals surface area contributed by atoms with Crippen molar-refractivity contribution < 1.29 is 8.78 Å². The Bertz CT molecular complexity index is 457. The van der Waals surface area contributed by atoms with Crippen molar-refractivity contribution in [3.63, 3.8) is 0 Å². The number of benzene rings is 1. The van der Waals surface area contributed by atoms with Gasteiger partial charge in [-0.05, 0) is 49.8 Å². The predicted octanol–water partition coefficient (Wildman–Crippen LogP) is 3.50. The largest absolute Gasteiger partial charge is 0.311 e. The van der Waals surface area contributed by atoms with Crippen molar-refractivity contribution in [1.82, 2.24) is 10.2 Å². The number of piperidine rings is 1. The number of nitrogens with zero attached hydrogens (tertiary/aromatic N) is 1. The zero-order valence-corrected chi connectivity index (χ0v) is 13.2. The molecule has 0 spiro atoms. The molecule has 2 nitrogen and oxygen atoms in total. The van der Waals surface area contributed by atoms with Crippen molar-refractivity contribution in [2.45, 2.75) is 50.6 Å². The number of likely N-dealkylation sites (tertiary alicyclic amines) is 1. The van der Waals surface area contributed by atoms with Crippen molar-refractivity contribution in [1.29, 1.82) is 0 Å². The lowest BCUT2D eigenvalue weighted by atomic mass is 9.67. The van der Waals surface area contributed by atoms with Gasteiger partial charge in [0, 0.05) is 12.1 Å². The van der Waals surface area contributed by atoms with Crippen LogP contribution < -0.4 is 5.32 Å². The Morgan fingerprint density at radius 3 is 2.45 bits per heavy atom. The van der Waals surface area contributed by atoms with Gasteiger partial charge in [0.05, 0.1) is 6.54 Å². The highest BCUT2D eigenvalue weighted by atomic mass is 19.3. The Balaban J connectivity index is 1.42. The van der Waals surface area contributed by atoms with Crippen LogP contribution in [0.4, 0.5) is 8.78 Å². The standard InChI is InChI=1S/C18H26F2N2/c1-13-16(14-5-3-2-4-6-14)11-17(13)21-15-7-9-22(10-8-15)12-18(19)20/h2-6,13,15-18,21H,7-12H2,1H3/t13-,16-,17+/m0/s1. The van der Waals surface area contributed by atoms with Gasteiger partial charge < -0.3 is 5.32 Å². The van der Waals surface area contributed by atoms with Gasteiger partial charge in [-0.25, -0.2) is 8.78 Å². The Hall–Kier alpha value is -1.00. The van der Waals surface area contributed by atoms with E-state index in [9.17, 15) is 8.78 Å². The molecule has 1 N–H and O–H groups in total. The number of hydrogen-bond acceptors (Lipinski definition) is 2. The summed E-state index contributed by atoms with van der Waals surface area (Å²) < 4.78 is 24.8. The van der Waals surface area contributed by atoms with Gasteiger partial charge >= 0.3 is 0 Å². The van der Waals surface area contributed by atoms with Gasteiger partial charge in [0.25, 0.3) is 6.43 Å². The molecule has 1 aromatic rings. The number of hydrogen-bond donors (Lipinski definition) is 1. The highest BCUT2D eigenvalue weighted by molar-refractivity contribution is 5.24. The molecule has 1 saturated carbocycles. The molecule has 0 bridgehead atoms. The van der Waals surface area contributed by atoms with Crippen LogP contribution in [-0.4, -0.2) is 43.0 Å². The Kier molecular flexibility index (Phi) is 5.09. The third kappa shape index (κ3) is 3.66. The molecule has 3 atom stereocenters. The summed E-state index contributed by atoms with van der Waals surface area (Å²) in [5, 5.41) is 3.76. The predicted molar refractivity (Wildman–Crippen MR) is 85.4 cm³/mol. The van der Waals surface area contributed by atoms with Gasteiger partial charge in [0.15, 0.2) is 0 Å². The maximum Gasteiger partial charge on any atom is 0.251 e. The minimum absolute atomic E-state index is 0.0668. The molecule has 2 aliphatic rings. The minimum atomic E-state index is -2.21. The molecule has 3 rings (SSSR count). The third-order valence-corrected chi connectivity index (χ3v) is 5.44. The van der Waals surface area contributed by atoms with Crippen LogP contribution in [0.25, 0.3) is 0 Å². The summed E-state index contributed by atoms with van der Waals surface area (Å²) in [6.45, 7) is 3.85. The summed E-state index contributed by atoms with van der Waals surface area (Å²) in [5.41, 5.74) is 1.44.